The molecule has 0 aliphatic rings. The van der Waals surface area contributed by atoms with Crippen molar-refractivity contribution in [1.82, 2.24) is 15.2 Å². The molecule has 0 fully saturated rings. The molecule has 1 unspecified atom stereocenters. The van der Waals surface area contributed by atoms with Gasteiger partial charge in [-0.1, -0.05) is 34.6 Å². The van der Waals surface area contributed by atoms with E-state index in [0.717, 1.165) is 24.2 Å². The van der Waals surface area contributed by atoms with Gasteiger partial charge < -0.3 is 5.32 Å². The van der Waals surface area contributed by atoms with Crippen LogP contribution in [0.25, 0.3) is 0 Å². The second-order valence-corrected chi connectivity index (χ2v) is 5.47. The zero-order chi connectivity index (χ0) is 13.1. The number of aryl methyl sites for hydroxylation is 2. The zero-order valence-electron chi connectivity index (χ0n) is 11.8. The van der Waals surface area contributed by atoms with Crippen LogP contribution >= 0.6 is 0 Å². The first kappa shape index (κ1) is 13.9. The van der Waals surface area contributed by atoms with Crippen molar-refractivity contribution in [3.8, 4) is 0 Å². The Kier molecular flexibility index (Phi) is 4.43. The summed E-state index contributed by atoms with van der Waals surface area (Å²) < 4.78 is 0. The SMILES string of the molecule is CCc1nnc(NC(C)C(C)(C)C)nc1CC. The van der Waals surface area contributed by atoms with Crippen LogP contribution in [0.1, 0.15) is 52.9 Å². The smallest absolute Gasteiger partial charge is 0.243 e. The molecule has 4 nitrogen and oxygen atoms in total. The average Bonchev–Trinajstić information content (AvgIpc) is 2.27. The van der Waals surface area contributed by atoms with Crippen LogP contribution in [0.3, 0.4) is 0 Å². The minimum atomic E-state index is 0.180. The lowest BCUT2D eigenvalue weighted by atomic mass is 9.88. The third-order valence-electron chi connectivity index (χ3n) is 3.15. The molecule has 0 radical (unpaired) electrons. The van der Waals surface area contributed by atoms with Gasteiger partial charge in [-0.3, -0.25) is 0 Å². The van der Waals surface area contributed by atoms with Gasteiger partial charge >= 0.3 is 0 Å². The minimum absolute atomic E-state index is 0.180. The summed E-state index contributed by atoms with van der Waals surface area (Å²) in [5, 5.41) is 11.7. The number of nitrogens with zero attached hydrogens (tertiary/aromatic N) is 3. The van der Waals surface area contributed by atoms with E-state index in [2.05, 4.69) is 62.0 Å². The van der Waals surface area contributed by atoms with Crippen molar-refractivity contribution in [1.29, 1.82) is 0 Å². The molecule has 17 heavy (non-hydrogen) atoms. The molecule has 0 aliphatic carbocycles. The molecule has 0 saturated heterocycles. The van der Waals surface area contributed by atoms with E-state index in [0.29, 0.717) is 12.0 Å². The molecule has 1 atom stereocenters. The fourth-order valence-electron chi connectivity index (χ4n) is 1.41. The topological polar surface area (TPSA) is 50.7 Å². The van der Waals surface area contributed by atoms with Crippen molar-refractivity contribution in [2.45, 2.75) is 60.4 Å². The second-order valence-electron chi connectivity index (χ2n) is 5.47. The molecule has 0 saturated carbocycles. The van der Waals surface area contributed by atoms with Crippen molar-refractivity contribution in [2.24, 2.45) is 5.41 Å². The van der Waals surface area contributed by atoms with E-state index >= 15 is 0 Å². The van der Waals surface area contributed by atoms with E-state index in [1.807, 2.05) is 0 Å². The Morgan fingerprint density at radius 2 is 1.65 bits per heavy atom. The molecule has 0 aliphatic heterocycles. The summed E-state index contributed by atoms with van der Waals surface area (Å²) in [7, 11) is 0. The Morgan fingerprint density at radius 3 is 2.12 bits per heavy atom. The third-order valence-corrected chi connectivity index (χ3v) is 3.15. The van der Waals surface area contributed by atoms with Gasteiger partial charge in [0.05, 0.1) is 11.4 Å². The maximum absolute atomic E-state index is 4.53. The van der Waals surface area contributed by atoms with E-state index in [1.54, 1.807) is 0 Å². The minimum Gasteiger partial charge on any atom is -0.350 e. The fourth-order valence-corrected chi connectivity index (χ4v) is 1.41. The Hall–Kier alpha value is -1.19. The molecule has 1 N–H and O–H groups in total. The normalized spacial score (nSPS) is 13.5. The number of hydrogen-bond donors (Lipinski definition) is 1. The largest absolute Gasteiger partial charge is 0.350 e. The lowest BCUT2D eigenvalue weighted by molar-refractivity contribution is 0.357. The lowest BCUT2D eigenvalue weighted by Crippen LogP contribution is -2.31. The summed E-state index contributed by atoms with van der Waals surface area (Å²) >= 11 is 0. The molecule has 0 amide bonds. The zero-order valence-corrected chi connectivity index (χ0v) is 11.8. The van der Waals surface area contributed by atoms with Gasteiger partial charge in [0.2, 0.25) is 5.95 Å². The van der Waals surface area contributed by atoms with Crippen molar-refractivity contribution in [3.63, 3.8) is 0 Å². The molecular formula is C13H24N4. The molecule has 1 heterocycles. The van der Waals surface area contributed by atoms with E-state index in [4.69, 9.17) is 0 Å². The number of rotatable bonds is 4. The maximum atomic E-state index is 4.53. The van der Waals surface area contributed by atoms with Crippen LogP contribution in [0.15, 0.2) is 0 Å². The number of nitrogens with one attached hydrogen (secondary N) is 1. The summed E-state index contributed by atoms with van der Waals surface area (Å²) in [6, 6.07) is 0.307. The molecule has 0 aromatic carbocycles. The first-order valence-electron chi connectivity index (χ1n) is 6.37. The van der Waals surface area contributed by atoms with Crippen LogP contribution in [-0.2, 0) is 12.8 Å². The van der Waals surface area contributed by atoms with E-state index in [-0.39, 0.29) is 5.41 Å². The lowest BCUT2D eigenvalue weighted by Gasteiger charge is -2.27. The highest BCUT2D eigenvalue weighted by molar-refractivity contribution is 5.27. The van der Waals surface area contributed by atoms with Gasteiger partial charge in [-0.15, -0.1) is 5.10 Å². The average molecular weight is 236 g/mol. The standard InChI is InChI=1S/C13H24N4/c1-7-10-11(8-2)16-17-12(15-10)14-9(3)13(4,5)6/h9H,7-8H2,1-6H3,(H,14,15,17). The van der Waals surface area contributed by atoms with Gasteiger partial charge in [-0.2, -0.15) is 5.10 Å². The van der Waals surface area contributed by atoms with Crippen molar-refractivity contribution in [3.05, 3.63) is 11.4 Å². The quantitative estimate of drug-likeness (QED) is 0.873. The molecule has 0 spiro atoms. The number of anilines is 1. The molecule has 1 rings (SSSR count). The summed E-state index contributed by atoms with van der Waals surface area (Å²) in [4.78, 5) is 4.53. The van der Waals surface area contributed by atoms with Gasteiger partial charge in [0.15, 0.2) is 0 Å². The van der Waals surface area contributed by atoms with Gasteiger partial charge in [-0.25, -0.2) is 4.98 Å². The summed E-state index contributed by atoms with van der Waals surface area (Å²) in [5.41, 5.74) is 2.23. The first-order valence-corrected chi connectivity index (χ1v) is 6.37. The van der Waals surface area contributed by atoms with Gasteiger partial charge in [-0.05, 0) is 25.2 Å². The van der Waals surface area contributed by atoms with Crippen LogP contribution < -0.4 is 5.32 Å². The molecular weight excluding hydrogens is 212 g/mol. The molecule has 1 aromatic rings. The van der Waals surface area contributed by atoms with Crippen LogP contribution in [0.5, 0.6) is 0 Å². The van der Waals surface area contributed by atoms with E-state index in [9.17, 15) is 0 Å². The van der Waals surface area contributed by atoms with Crippen molar-refractivity contribution >= 4 is 5.95 Å². The highest BCUT2D eigenvalue weighted by atomic mass is 15.2. The number of aromatic nitrogens is 3. The second kappa shape index (κ2) is 5.43. The van der Waals surface area contributed by atoms with Gasteiger partial charge in [0.25, 0.3) is 0 Å². The van der Waals surface area contributed by atoms with E-state index in [1.165, 1.54) is 0 Å². The van der Waals surface area contributed by atoms with Crippen LogP contribution in [0.2, 0.25) is 0 Å². The highest BCUT2D eigenvalue weighted by Crippen LogP contribution is 2.21. The maximum Gasteiger partial charge on any atom is 0.243 e. The van der Waals surface area contributed by atoms with Crippen molar-refractivity contribution in [2.75, 3.05) is 5.32 Å². The summed E-state index contributed by atoms with van der Waals surface area (Å²) in [6.45, 7) is 12.9. The van der Waals surface area contributed by atoms with E-state index < -0.39 is 0 Å². The Labute approximate surface area is 104 Å². The predicted molar refractivity (Wildman–Crippen MR) is 71.1 cm³/mol. The van der Waals surface area contributed by atoms with Crippen molar-refractivity contribution < 1.29 is 0 Å². The Bertz CT molecular complexity index is 368. The number of hydrogen-bond acceptors (Lipinski definition) is 4. The monoisotopic (exact) mass is 236 g/mol. The summed E-state index contributed by atoms with van der Waals surface area (Å²) in [6.07, 6.45) is 1.79. The Morgan fingerprint density at radius 1 is 1.06 bits per heavy atom. The summed E-state index contributed by atoms with van der Waals surface area (Å²) in [5.74, 6) is 0.640. The third kappa shape index (κ3) is 3.65. The van der Waals surface area contributed by atoms with Gasteiger partial charge in [0.1, 0.15) is 0 Å². The fraction of sp³-hybridized carbons (Fsp3) is 0.769. The Balaban J connectivity index is 2.86. The molecule has 96 valence electrons. The van der Waals surface area contributed by atoms with Gasteiger partial charge in [0, 0.05) is 6.04 Å². The molecule has 0 bridgehead atoms. The first-order chi connectivity index (χ1) is 7.88. The van der Waals surface area contributed by atoms with Crippen LogP contribution in [-0.4, -0.2) is 21.2 Å². The van der Waals surface area contributed by atoms with Crippen LogP contribution in [0, 0.1) is 5.41 Å². The molecule has 4 heteroatoms. The van der Waals surface area contributed by atoms with Crippen LogP contribution in [0.4, 0.5) is 5.95 Å². The predicted octanol–water partition coefficient (Wildman–Crippen LogP) is 2.84. The highest BCUT2D eigenvalue weighted by Gasteiger charge is 2.20. The molecule has 1 aromatic heterocycles.